The highest BCUT2D eigenvalue weighted by atomic mass is 19.4. The van der Waals surface area contributed by atoms with Gasteiger partial charge < -0.3 is 20.1 Å². The highest BCUT2D eigenvalue weighted by Crippen LogP contribution is 2.30. The number of benzene rings is 1. The maximum atomic E-state index is 12.5. The van der Waals surface area contributed by atoms with Gasteiger partial charge in [0.15, 0.2) is 0 Å². The maximum absolute atomic E-state index is 12.5. The minimum Gasteiger partial charge on any atom is -0.406 e. The molecule has 4 rings (SSSR count). The van der Waals surface area contributed by atoms with Crippen molar-refractivity contribution < 1.29 is 22.6 Å². The summed E-state index contributed by atoms with van der Waals surface area (Å²) in [6.07, 6.45) is -0.447. The third kappa shape index (κ3) is 5.25. The fourth-order valence-corrected chi connectivity index (χ4v) is 3.04. The second kappa shape index (κ2) is 7.83. The minimum atomic E-state index is -4.74. The summed E-state index contributed by atoms with van der Waals surface area (Å²) < 4.78 is 47.2. The number of hydrogen-bond acceptors (Lipinski definition) is 6. The highest BCUT2D eigenvalue weighted by Gasteiger charge is 2.31. The Morgan fingerprint density at radius 2 is 2.00 bits per heavy atom. The van der Waals surface area contributed by atoms with E-state index in [0.717, 1.165) is 32.3 Å². The van der Waals surface area contributed by atoms with Crippen molar-refractivity contribution in [2.75, 3.05) is 23.8 Å². The molecule has 2 N–H and O–H groups in total. The molecule has 150 valence electrons. The lowest BCUT2D eigenvalue weighted by atomic mass is 10.1. The van der Waals surface area contributed by atoms with Gasteiger partial charge >= 0.3 is 6.36 Å². The van der Waals surface area contributed by atoms with Crippen LogP contribution >= 0.6 is 0 Å². The van der Waals surface area contributed by atoms with Crippen LogP contribution in [0, 0.1) is 0 Å². The van der Waals surface area contributed by atoms with Crippen molar-refractivity contribution in [3.8, 4) is 17.0 Å². The Morgan fingerprint density at radius 1 is 1.14 bits per heavy atom. The number of anilines is 2. The molecular weight excluding hydrogens is 373 g/mol. The number of ether oxygens (including phenoxy) is 2. The molecule has 1 saturated carbocycles. The van der Waals surface area contributed by atoms with Gasteiger partial charge in [0.25, 0.3) is 0 Å². The van der Waals surface area contributed by atoms with Crippen molar-refractivity contribution in [3.05, 3.63) is 30.3 Å². The minimum absolute atomic E-state index is 0.141. The van der Waals surface area contributed by atoms with E-state index in [1.165, 1.54) is 18.2 Å². The molecule has 1 aromatic heterocycles. The molecule has 6 nitrogen and oxygen atoms in total. The van der Waals surface area contributed by atoms with Crippen LogP contribution in [0.4, 0.5) is 24.9 Å². The number of nitrogens with zero attached hydrogens (tertiary/aromatic N) is 2. The van der Waals surface area contributed by atoms with Crippen LogP contribution < -0.4 is 15.4 Å². The van der Waals surface area contributed by atoms with E-state index in [4.69, 9.17) is 4.74 Å². The van der Waals surface area contributed by atoms with Gasteiger partial charge in [-0.1, -0.05) is 12.1 Å². The number of alkyl halides is 3. The molecule has 1 aromatic carbocycles. The monoisotopic (exact) mass is 394 g/mol. The summed E-state index contributed by atoms with van der Waals surface area (Å²) in [7, 11) is 0. The van der Waals surface area contributed by atoms with Crippen molar-refractivity contribution in [3.63, 3.8) is 0 Å². The average Bonchev–Trinajstić information content (AvgIpc) is 3.29. The molecule has 2 aromatic rings. The lowest BCUT2D eigenvalue weighted by Crippen LogP contribution is -2.19. The van der Waals surface area contributed by atoms with E-state index in [9.17, 15) is 13.2 Å². The zero-order chi connectivity index (χ0) is 19.6. The van der Waals surface area contributed by atoms with Crippen molar-refractivity contribution in [1.82, 2.24) is 9.97 Å². The highest BCUT2D eigenvalue weighted by molar-refractivity contribution is 5.66. The Labute approximate surface area is 160 Å². The van der Waals surface area contributed by atoms with Gasteiger partial charge in [0.1, 0.15) is 11.6 Å². The first kappa shape index (κ1) is 18.8. The van der Waals surface area contributed by atoms with Crippen LogP contribution in [-0.4, -0.2) is 41.6 Å². The molecule has 0 bridgehead atoms. The second-order valence-electron chi connectivity index (χ2n) is 6.97. The standard InChI is InChI=1S/C19H21F3N4O2/c20-19(21,22)28-14-4-1-3-12(9-14)16-10-17(23-11-15-5-2-8-27-15)26-18(25-16)24-13-6-7-13/h1,3-4,9-10,13,15H,2,5-8,11H2,(H2,23,24,25,26)/t15-/m1/s1. The lowest BCUT2D eigenvalue weighted by molar-refractivity contribution is -0.274. The van der Waals surface area contributed by atoms with E-state index in [1.54, 1.807) is 12.1 Å². The van der Waals surface area contributed by atoms with E-state index in [-0.39, 0.29) is 11.9 Å². The van der Waals surface area contributed by atoms with E-state index >= 15 is 0 Å². The predicted octanol–water partition coefficient (Wildman–Crippen LogP) is 4.21. The van der Waals surface area contributed by atoms with E-state index in [1.807, 2.05) is 0 Å². The van der Waals surface area contributed by atoms with E-state index in [0.29, 0.717) is 35.6 Å². The van der Waals surface area contributed by atoms with Gasteiger partial charge in [-0.15, -0.1) is 13.2 Å². The Morgan fingerprint density at radius 3 is 2.71 bits per heavy atom. The largest absolute Gasteiger partial charge is 0.573 e. The molecule has 28 heavy (non-hydrogen) atoms. The molecule has 1 atom stereocenters. The smallest absolute Gasteiger partial charge is 0.406 e. The van der Waals surface area contributed by atoms with Crippen molar-refractivity contribution in [2.45, 2.75) is 44.2 Å². The fraction of sp³-hybridized carbons (Fsp3) is 0.474. The van der Waals surface area contributed by atoms with Crippen LogP contribution in [-0.2, 0) is 4.74 Å². The topological polar surface area (TPSA) is 68.3 Å². The number of aromatic nitrogens is 2. The van der Waals surface area contributed by atoms with Crippen LogP contribution in [0.25, 0.3) is 11.3 Å². The van der Waals surface area contributed by atoms with Crippen LogP contribution in [0.5, 0.6) is 5.75 Å². The Balaban J connectivity index is 1.57. The number of halogens is 3. The SMILES string of the molecule is FC(F)(F)Oc1cccc(-c2cc(NC[C@H]3CCCO3)nc(NC3CC3)n2)c1. The van der Waals surface area contributed by atoms with Gasteiger partial charge in [0, 0.05) is 30.8 Å². The normalized spacial score (nSPS) is 19.5. The Bertz CT molecular complexity index is 821. The zero-order valence-corrected chi connectivity index (χ0v) is 15.1. The summed E-state index contributed by atoms with van der Waals surface area (Å²) in [6.45, 7) is 1.39. The molecule has 0 spiro atoms. The molecule has 2 aliphatic rings. The molecular formula is C19H21F3N4O2. The van der Waals surface area contributed by atoms with Crippen molar-refractivity contribution >= 4 is 11.8 Å². The summed E-state index contributed by atoms with van der Waals surface area (Å²) >= 11 is 0. The third-order valence-electron chi connectivity index (χ3n) is 4.53. The summed E-state index contributed by atoms with van der Waals surface area (Å²) in [5, 5.41) is 6.50. The van der Waals surface area contributed by atoms with E-state index in [2.05, 4.69) is 25.3 Å². The quantitative estimate of drug-likeness (QED) is 0.733. The molecule has 0 unspecified atom stereocenters. The Hall–Kier alpha value is -2.55. The van der Waals surface area contributed by atoms with Gasteiger partial charge in [-0.3, -0.25) is 0 Å². The second-order valence-corrected chi connectivity index (χ2v) is 6.97. The fourth-order valence-electron chi connectivity index (χ4n) is 3.04. The molecule has 1 saturated heterocycles. The third-order valence-corrected chi connectivity index (χ3v) is 4.53. The summed E-state index contributed by atoms with van der Waals surface area (Å²) in [5.41, 5.74) is 1.03. The first-order valence-corrected chi connectivity index (χ1v) is 9.32. The van der Waals surface area contributed by atoms with Crippen molar-refractivity contribution in [1.29, 1.82) is 0 Å². The molecule has 2 fully saturated rings. The van der Waals surface area contributed by atoms with Crippen molar-refractivity contribution in [2.24, 2.45) is 0 Å². The number of hydrogen-bond donors (Lipinski definition) is 2. The van der Waals surface area contributed by atoms with Gasteiger partial charge in [-0.25, -0.2) is 4.98 Å². The van der Waals surface area contributed by atoms with Crippen LogP contribution in [0.1, 0.15) is 25.7 Å². The Kier molecular flexibility index (Phi) is 5.25. The van der Waals surface area contributed by atoms with Crippen LogP contribution in [0.2, 0.25) is 0 Å². The molecule has 0 amide bonds. The molecule has 0 radical (unpaired) electrons. The summed E-state index contributed by atoms with van der Waals surface area (Å²) in [5.74, 6) is 0.775. The van der Waals surface area contributed by atoms with Crippen LogP contribution in [0.15, 0.2) is 30.3 Å². The maximum Gasteiger partial charge on any atom is 0.573 e. The van der Waals surface area contributed by atoms with E-state index < -0.39 is 6.36 Å². The summed E-state index contributed by atoms with van der Waals surface area (Å²) in [6, 6.07) is 7.85. The first-order valence-electron chi connectivity index (χ1n) is 9.32. The molecule has 9 heteroatoms. The van der Waals surface area contributed by atoms with Gasteiger partial charge in [0.05, 0.1) is 11.8 Å². The zero-order valence-electron chi connectivity index (χ0n) is 15.1. The average molecular weight is 394 g/mol. The number of rotatable bonds is 7. The van der Waals surface area contributed by atoms with Gasteiger partial charge in [-0.05, 0) is 37.8 Å². The first-order chi connectivity index (χ1) is 13.4. The molecule has 2 heterocycles. The molecule has 1 aliphatic heterocycles. The predicted molar refractivity (Wildman–Crippen MR) is 98.3 cm³/mol. The number of nitrogens with one attached hydrogen (secondary N) is 2. The van der Waals surface area contributed by atoms with Gasteiger partial charge in [0.2, 0.25) is 5.95 Å². The molecule has 1 aliphatic carbocycles. The summed E-state index contributed by atoms with van der Waals surface area (Å²) in [4.78, 5) is 8.95. The van der Waals surface area contributed by atoms with Gasteiger partial charge in [-0.2, -0.15) is 4.98 Å². The van der Waals surface area contributed by atoms with Crippen LogP contribution in [0.3, 0.4) is 0 Å². The lowest BCUT2D eigenvalue weighted by Gasteiger charge is -2.14.